The first kappa shape index (κ1) is 24.6. The van der Waals surface area contributed by atoms with Crippen LogP contribution in [-0.2, 0) is 4.79 Å². The molecule has 0 saturated carbocycles. The summed E-state index contributed by atoms with van der Waals surface area (Å²) < 4.78 is 146. The Kier molecular flexibility index (Phi) is 7.27. The smallest absolute Gasteiger partial charge is 0.460 e. The van der Waals surface area contributed by atoms with E-state index in [9.17, 15) is 57.5 Å². The summed E-state index contributed by atoms with van der Waals surface area (Å²) in [7, 11) is 0. The van der Waals surface area contributed by atoms with Gasteiger partial charge in [0.2, 0.25) is 0 Å². The van der Waals surface area contributed by atoms with Gasteiger partial charge in [0.1, 0.15) is 0 Å². The van der Waals surface area contributed by atoms with Crippen molar-refractivity contribution in [1.82, 2.24) is 0 Å². The van der Waals surface area contributed by atoms with Crippen LogP contribution in [0, 0.1) is 0 Å². The molecule has 0 spiro atoms. The van der Waals surface area contributed by atoms with Crippen molar-refractivity contribution in [3.05, 3.63) is 12.7 Å². The standard InChI is InChI=1S/C7H4F12.C3H4O2/c1-2(8)3(9,10)4(11,12)5(13,14)6(15,16)7(17,18)19;1-2-3(4)5/h2H,1H3;2H,1H2,(H,4,5). The van der Waals surface area contributed by atoms with Crippen molar-refractivity contribution in [2.75, 3.05) is 0 Å². The van der Waals surface area contributed by atoms with Gasteiger partial charge in [-0.2, -0.15) is 48.3 Å². The Morgan fingerprint density at radius 3 is 1.33 bits per heavy atom. The maximum absolute atomic E-state index is 12.5. The second-order valence-corrected chi connectivity index (χ2v) is 4.00. The number of alkyl halides is 12. The van der Waals surface area contributed by atoms with Gasteiger partial charge in [-0.3, -0.25) is 0 Å². The SMILES string of the molecule is C=CC(=O)O.CC(F)C(F)(F)C(F)(F)C(F)(F)C(F)(F)C(F)(F)F. The summed E-state index contributed by atoms with van der Waals surface area (Å²) in [5, 5.41) is 7.60. The fourth-order valence-electron chi connectivity index (χ4n) is 0.834. The third-order valence-electron chi connectivity index (χ3n) is 2.24. The summed E-state index contributed by atoms with van der Waals surface area (Å²) in [6.07, 6.45) is -10.5. The number of carboxylic acid groups (broad SMARTS) is 1. The highest BCUT2D eigenvalue weighted by atomic mass is 19.4. The molecule has 0 heterocycles. The molecule has 0 amide bonds. The molecule has 2 nitrogen and oxygen atoms in total. The van der Waals surface area contributed by atoms with E-state index in [1.54, 1.807) is 0 Å². The van der Waals surface area contributed by atoms with E-state index in [0.717, 1.165) is 6.08 Å². The fourth-order valence-corrected chi connectivity index (χ4v) is 0.834. The van der Waals surface area contributed by atoms with Gasteiger partial charge in [-0.15, -0.1) is 0 Å². The monoisotopic (exact) mass is 388 g/mol. The van der Waals surface area contributed by atoms with Crippen LogP contribution in [0.5, 0.6) is 0 Å². The van der Waals surface area contributed by atoms with Crippen LogP contribution in [0.25, 0.3) is 0 Å². The molecule has 0 aromatic heterocycles. The molecule has 144 valence electrons. The van der Waals surface area contributed by atoms with Crippen LogP contribution in [0.15, 0.2) is 12.7 Å². The van der Waals surface area contributed by atoms with E-state index < -0.39 is 48.9 Å². The summed E-state index contributed by atoms with van der Waals surface area (Å²) >= 11 is 0. The minimum atomic E-state index is -7.54. The van der Waals surface area contributed by atoms with Crippen molar-refractivity contribution in [2.45, 2.75) is 43.0 Å². The van der Waals surface area contributed by atoms with Gasteiger partial charge in [-0.05, 0) is 6.92 Å². The van der Waals surface area contributed by atoms with Crippen molar-refractivity contribution < 1.29 is 62.6 Å². The normalized spacial score (nSPS) is 15.2. The van der Waals surface area contributed by atoms with E-state index in [0.29, 0.717) is 0 Å². The zero-order valence-electron chi connectivity index (χ0n) is 11.3. The first-order valence-electron chi connectivity index (χ1n) is 5.29. The van der Waals surface area contributed by atoms with Crippen molar-refractivity contribution >= 4 is 5.97 Å². The van der Waals surface area contributed by atoms with Gasteiger partial charge >= 0.3 is 35.8 Å². The molecule has 0 aliphatic heterocycles. The predicted molar refractivity (Wildman–Crippen MR) is 54.2 cm³/mol. The van der Waals surface area contributed by atoms with E-state index in [-0.39, 0.29) is 0 Å². The van der Waals surface area contributed by atoms with Gasteiger partial charge in [0.05, 0.1) is 0 Å². The lowest BCUT2D eigenvalue weighted by Gasteiger charge is -2.37. The molecule has 14 heteroatoms. The molecular weight excluding hydrogens is 380 g/mol. The molecule has 1 unspecified atom stereocenters. The number of aliphatic carboxylic acids is 1. The summed E-state index contributed by atoms with van der Waals surface area (Å²) in [5.41, 5.74) is 0. The Hall–Kier alpha value is -1.63. The molecule has 0 aromatic carbocycles. The molecule has 0 bridgehead atoms. The minimum absolute atomic E-state index is 0.393. The molecule has 0 aliphatic carbocycles. The Bertz CT molecular complexity index is 451. The van der Waals surface area contributed by atoms with E-state index in [4.69, 9.17) is 5.11 Å². The number of rotatable bonds is 5. The topological polar surface area (TPSA) is 37.3 Å². The maximum Gasteiger partial charge on any atom is 0.460 e. The van der Waals surface area contributed by atoms with Crippen LogP contribution in [0.3, 0.4) is 0 Å². The Balaban J connectivity index is 0. The van der Waals surface area contributed by atoms with Crippen LogP contribution in [0.4, 0.5) is 52.7 Å². The highest BCUT2D eigenvalue weighted by Gasteiger charge is 2.87. The first-order chi connectivity index (χ1) is 10.2. The lowest BCUT2D eigenvalue weighted by Crippen LogP contribution is -2.68. The van der Waals surface area contributed by atoms with Gasteiger partial charge in [0.25, 0.3) is 0 Å². The summed E-state index contributed by atoms with van der Waals surface area (Å²) in [5.74, 6) is -29.7. The first-order valence-corrected chi connectivity index (χ1v) is 5.29. The van der Waals surface area contributed by atoms with Crippen molar-refractivity contribution in [1.29, 1.82) is 0 Å². The average Bonchev–Trinajstić information content (AvgIpc) is 2.36. The van der Waals surface area contributed by atoms with Crippen molar-refractivity contribution in [2.24, 2.45) is 0 Å². The zero-order valence-corrected chi connectivity index (χ0v) is 11.3. The predicted octanol–water partition coefficient (Wildman–Crippen LogP) is 4.70. The van der Waals surface area contributed by atoms with E-state index in [1.165, 1.54) is 0 Å². The summed E-state index contributed by atoms with van der Waals surface area (Å²) in [6.45, 7) is 2.57. The number of hydrogen-bond acceptors (Lipinski definition) is 1. The van der Waals surface area contributed by atoms with Gasteiger partial charge < -0.3 is 5.11 Å². The third-order valence-corrected chi connectivity index (χ3v) is 2.24. The third kappa shape index (κ3) is 4.26. The highest BCUT2D eigenvalue weighted by molar-refractivity contribution is 5.78. The van der Waals surface area contributed by atoms with Crippen LogP contribution in [0.1, 0.15) is 6.92 Å². The molecule has 0 fully saturated rings. The molecule has 0 radical (unpaired) electrons. The van der Waals surface area contributed by atoms with E-state index in [2.05, 4.69) is 6.58 Å². The number of carbonyl (C=O) groups is 1. The lowest BCUT2D eigenvalue weighted by molar-refractivity contribution is -0.426. The second kappa shape index (κ2) is 7.09. The molecule has 0 rings (SSSR count). The molecule has 0 aliphatic rings. The van der Waals surface area contributed by atoms with E-state index >= 15 is 0 Å². The van der Waals surface area contributed by atoms with Crippen LogP contribution in [0.2, 0.25) is 0 Å². The number of carboxylic acids is 1. The van der Waals surface area contributed by atoms with Crippen molar-refractivity contribution in [3.63, 3.8) is 0 Å². The van der Waals surface area contributed by atoms with Crippen LogP contribution < -0.4 is 0 Å². The van der Waals surface area contributed by atoms with E-state index in [1.807, 2.05) is 0 Å². The molecule has 0 saturated heterocycles. The van der Waals surface area contributed by atoms with Crippen LogP contribution in [-0.4, -0.2) is 47.1 Å². The van der Waals surface area contributed by atoms with Crippen molar-refractivity contribution in [3.8, 4) is 0 Å². The maximum atomic E-state index is 12.5. The molecule has 0 aromatic rings. The molecule has 24 heavy (non-hydrogen) atoms. The highest BCUT2D eigenvalue weighted by Crippen LogP contribution is 2.58. The fraction of sp³-hybridized carbons (Fsp3) is 0.700. The van der Waals surface area contributed by atoms with Gasteiger partial charge in [-0.1, -0.05) is 6.58 Å². The van der Waals surface area contributed by atoms with Crippen LogP contribution >= 0.6 is 0 Å². The lowest BCUT2D eigenvalue weighted by atomic mass is 9.96. The molecule has 1 atom stereocenters. The Labute approximate surface area is 125 Å². The largest absolute Gasteiger partial charge is 0.478 e. The number of halogens is 12. The summed E-state index contributed by atoms with van der Waals surface area (Å²) in [6, 6.07) is 0. The Morgan fingerprint density at radius 1 is 0.875 bits per heavy atom. The van der Waals surface area contributed by atoms with Gasteiger partial charge in [0.15, 0.2) is 6.17 Å². The van der Waals surface area contributed by atoms with Gasteiger partial charge in [0, 0.05) is 6.08 Å². The molecule has 1 N–H and O–H groups in total. The molecular formula is C10H8F12O2. The zero-order chi connectivity index (χ0) is 20.4. The summed E-state index contributed by atoms with van der Waals surface area (Å²) in [4.78, 5) is 9.25. The minimum Gasteiger partial charge on any atom is -0.478 e. The quantitative estimate of drug-likeness (QED) is 0.548. The average molecular weight is 388 g/mol. The second-order valence-electron chi connectivity index (χ2n) is 4.00. The van der Waals surface area contributed by atoms with Gasteiger partial charge in [-0.25, -0.2) is 9.18 Å². The number of hydrogen-bond donors (Lipinski definition) is 1. The Morgan fingerprint density at radius 2 is 1.17 bits per heavy atom.